The highest BCUT2D eigenvalue weighted by atomic mass is 35.5. The number of oxime groups is 1. The number of alkyl halides is 3. The van der Waals surface area contributed by atoms with Crippen LogP contribution in [0.3, 0.4) is 0 Å². The summed E-state index contributed by atoms with van der Waals surface area (Å²) in [6.45, 7) is 0.814. The van der Waals surface area contributed by atoms with Crippen molar-refractivity contribution in [2.45, 2.75) is 6.92 Å². The molecule has 0 spiro atoms. The van der Waals surface area contributed by atoms with Gasteiger partial charge in [-0.05, 0) is 0 Å². The summed E-state index contributed by atoms with van der Waals surface area (Å²) < 4.78 is 12.1. The Kier molecular flexibility index (Phi) is 4.77. The SMILES string of the molecule is CC(CCl)(CCl)/C(CF)=N\O. The fourth-order valence-electron chi connectivity index (χ4n) is 0.499. The summed E-state index contributed by atoms with van der Waals surface area (Å²) in [5, 5.41) is 11.1. The lowest BCUT2D eigenvalue weighted by Crippen LogP contribution is -2.33. The third-order valence-corrected chi connectivity index (χ3v) is 2.71. The molecule has 0 aromatic carbocycles. The molecule has 66 valence electrons. The van der Waals surface area contributed by atoms with Crippen molar-refractivity contribution in [2.75, 3.05) is 18.4 Å². The standard InChI is InChI=1S/C6H10Cl2FNO/c1-6(3-7,4-8)5(2-9)10-11/h11H,2-4H2,1H3/b10-5-. The molecular formula is C6H10Cl2FNO. The van der Waals surface area contributed by atoms with Gasteiger partial charge in [0.1, 0.15) is 6.67 Å². The number of hydrogen-bond acceptors (Lipinski definition) is 2. The Morgan fingerprint density at radius 2 is 2.00 bits per heavy atom. The summed E-state index contributed by atoms with van der Waals surface area (Å²) in [6, 6.07) is 0. The molecule has 0 heterocycles. The normalized spacial score (nSPS) is 13.6. The second-order valence-corrected chi connectivity index (χ2v) is 3.04. The first kappa shape index (κ1) is 11.0. The molecule has 1 N–H and O–H groups in total. The highest BCUT2D eigenvalue weighted by Gasteiger charge is 2.29. The van der Waals surface area contributed by atoms with Crippen LogP contribution in [0.1, 0.15) is 6.92 Å². The molecule has 2 nitrogen and oxygen atoms in total. The van der Waals surface area contributed by atoms with Gasteiger partial charge in [-0.2, -0.15) is 0 Å². The van der Waals surface area contributed by atoms with E-state index in [-0.39, 0.29) is 17.5 Å². The van der Waals surface area contributed by atoms with Crippen LogP contribution in [0.2, 0.25) is 0 Å². The monoisotopic (exact) mass is 201 g/mol. The lowest BCUT2D eigenvalue weighted by Gasteiger charge is -2.22. The molecule has 0 amide bonds. The quantitative estimate of drug-likeness (QED) is 0.322. The van der Waals surface area contributed by atoms with Crippen molar-refractivity contribution < 1.29 is 9.60 Å². The fourth-order valence-corrected chi connectivity index (χ4v) is 1.09. The summed E-state index contributed by atoms with van der Waals surface area (Å²) >= 11 is 11.0. The van der Waals surface area contributed by atoms with Gasteiger partial charge in [-0.15, -0.1) is 23.2 Å². The summed E-state index contributed by atoms with van der Waals surface area (Å²) in [5.41, 5.74) is -0.755. The number of nitrogens with zero attached hydrogens (tertiary/aromatic N) is 1. The number of halogens is 3. The molecule has 0 bridgehead atoms. The molecule has 0 unspecified atom stereocenters. The zero-order chi connectivity index (χ0) is 8.91. The molecule has 0 saturated heterocycles. The van der Waals surface area contributed by atoms with E-state index >= 15 is 0 Å². The van der Waals surface area contributed by atoms with E-state index in [1.54, 1.807) is 6.92 Å². The van der Waals surface area contributed by atoms with Crippen LogP contribution in [-0.2, 0) is 0 Å². The van der Waals surface area contributed by atoms with Crippen LogP contribution in [0.25, 0.3) is 0 Å². The molecule has 5 heteroatoms. The van der Waals surface area contributed by atoms with E-state index in [0.29, 0.717) is 0 Å². The van der Waals surface area contributed by atoms with Gasteiger partial charge in [-0.3, -0.25) is 0 Å². The van der Waals surface area contributed by atoms with Crippen LogP contribution < -0.4 is 0 Å². The molecule has 0 fully saturated rings. The summed E-state index contributed by atoms with van der Waals surface area (Å²) in [5.74, 6) is 0.277. The predicted octanol–water partition coefficient (Wildman–Crippen LogP) is 2.27. The molecule has 0 aromatic rings. The van der Waals surface area contributed by atoms with Crippen LogP contribution in [0.4, 0.5) is 4.39 Å². The van der Waals surface area contributed by atoms with Crippen molar-refractivity contribution >= 4 is 28.9 Å². The van der Waals surface area contributed by atoms with Crippen molar-refractivity contribution in [2.24, 2.45) is 10.6 Å². The Bertz CT molecular complexity index is 148. The second kappa shape index (κ2) is 4.78. The Hall–Kier alpha value is -0.0200. The van der Waals surface area contributed by atoms with Crippen molar-refractivity contribution in [3.63, 3.8) is 0 Å². The van der Waals surface area contributed by atoms with E-state index in [1.165, 1.54) is 0 Å². The third kappa shape index (κ3) is 2.49. The largest absolute Gasteiger partial charge is 0.411 e. The maximum atomic E-state index is 12.1. The number of hydrogen-bond donors (Lipinski definition) is 1. The lowest BCUT2D eigenvalue weighted by molar-refractivity contribution is 0.306. The van der Waals surface area contributed by atoms with Gasteiger partial charge >= 0.3 is 0 Å². The highest BCUT2D eigenvalue weighted by molar-refractivity contribution is 6.24. The van der Waals surface area contributed by atoms with Crippen LogP contribution in [0.15, 0.2) is 5.16 Å². The van der Waals surface area contributed by atoms with Gasteiger partial charge in [0, 0.05) is 17.2 Å². The average molecular weight is 202 g/mol. The molecule has 0 aromatic heterocycles. The van der Waals surface area contributed by atoms with Crippen molar-refractivity contribution in [3.05, 3.63) is 0 Å². The molecule has 0 atom stereocenters. The maximum Gasteiger partial charge on any atom is 0.131 e. The van der Waals surface area contributed by atoms with Crippen LogP contribution >= 0.6 is 23.2 Å². The molecule has 11 heavy (non-hydrogen) atoms. The van der Waals surface area contributed by atoms with Gasteiger partial charge < -0.3 is 5.21 Å². The topological polar surface area (TPSA) is 32.6 Å². The van der Waals surface area contributed by atoms with Gasteiger partial charge in [0.05, 0.1) is 5.71 Å². The van der Waals surface area contributed by atoms with Gasteiger partial charge in [0.15, 0.2) is 0 Å². The van der Waals surface area contributed by atoms with E-state index in [9.17, 15) is 4.39 Å². The van der Waals surface area contributed by atoms with E-state index < -0.39 is 12.1 Å². The van der Waals surface area contributed by atoms with Gasteiger partial charge in [-0.1, -0.05) is 12.1 Å². The molecule has 0 saturated carbocycles. The molecule has 0 rings (SSSR count). The first-order chi connectivity index (χ1) is 5.14. The minimum Gasteiger partial charge on any atom is -0.411 e. The maximum absolute atomic E-state index is 12.1. The van der Waals surface area contributed by atoms with Gasteiger partial charge in [-0.25, -0.2) is 4.39 Å². The third-order valence-electron chi connectivity index (χ3n) is 1.53. The Balaban J connectivity index is 4.46. The van der Waals surface area contributed by atoms with Crippen LogP contribution in [-0.4, -0.2) is 29.4 Å². The summed E-state index contributed by atoms with van der Waals surface area (Å²) in [6.07, 6.45) is 0. The summed E-state index contributed by atoms with van der Waals surface area (Å²) in [7, 11) is 0. The van der Waals surface area contributed by atoms with E-state index in [0.717, 1.165) is 0 Å². The van der Waals surface area contributed by atoms with Crippen molar-refractivity contribution in [1.82, 2.24) is 0 Å². The van der Waals surface area contributed by atoms with Gasteiger partial charge in [0.2, 0.25) is 0 Å². The Labute approximate surface area is 75.0 Å². The van der Waals surface area contributed by atoms with Crippen LogP contribution in [0.5, 0.6) is 0 Å². The van der Waals surface area contributed by atoms with Gasteiger partial charge in [0.25, 0.3) is 0 Å². The zero-order valence-electron chi connectivity index (χ0n) is 6.15. The average Bonchev–Trinajstić information content (AvgIpc) is 2.06. The molecule has 0 aliphatic heterocycles. The fraction of sp³-hybridized carbons (Fsp3) is 0.833. The second-order valence-electron chi connectivity index (χ2n) is 2.51. The molecule has 0 aliphatic carbocycles. The van der Waals surface area contributed by atoms with Crippen molar-refractivity contribution in [3.8, 4) is 0 Å². The number of rotatable bonds is 4. The first-order valence-electron chi connectivity index (χ1n) is 3.04. The molecule has 0 radical (unpaired) electrons. The Morgan fingerprint density at radius 3 is 2.09 bits per heavy atom. The lowest BCUT2D eigenvalue weighted by atomic mass is 9.90. The van der Waals surface area contributed by atoms with Crippen LogP contribution in [0, 0.1) is 5.41 Å². The molecular weight excluding hydrogens is 192 g/mol. The minimum atomic E-state index is -0.827. The first-order valence-corrected chi connectivity index (χ1v) is 4.11. The minimum absolute atomic E-state index is 0.0116. The molecule has 0 aliphatic rings. The smallest absolute Gasteiger partial charge is 0.131 e. The Morgan fingerprint density at radius 1 is 1.55 bits per heavy atom. The zero-order valence-corrected chi connectivity index (χ0v) is 7.66. The summed E-state index contributed by atoms with van der Waals surface area (Å²) in [4.78, 5) is 0. The highest BCUT2D eigenvalue weighted by Crippen LogP contribution is 2.22. The van der Waals surface area contributed by atoms with E-state index in [1.807, 2.05) is 0 Å². The van der Waals surface area contributed by atoms with E-state index in [4.69, 9.17) is 28.4 Å². The van der Waals surface area contributed by atoms with E-state index in [2.05, 4.69) is 5.16 Å². The van der Waals surface area contributed by atoms with Crippen molar-refractivity contribution in [1.29, 1.82) is 0 Å². The predicted molar refractivity (Wildman–Crippen MR) is 44.7 cm³/mol.